The van der Waals surface area contributed by atoms with Crippen molar-refractivity contribution in [1.82, 2.24) is 5.32 Å². The quantitative estimate of drug-likeness (QED) is 0.635. The summed E-state index contributed by atoms with van der Waals surface area (Å²) >= 11 is 0. The predicted molar refractivity (Wildman–Crippen MR) is 115 cm³/mol. The maximum absolute atomic E-state index is 12.2. The highest BCUT2D eigenvalue weighted by Gasteiger charge is 2.14. The highest BCUT2D eigenvalue weighted by molar-refractivity contribution is 7.86. The third kappa shape index (κ3) is 7.27. The van der Waals surface area contributed by atoms with Gasteiger partial charge >= 0.3 is 0 Å². The van der Waals surface area contributed by atoms with E-state index in [4.69, 9.17) is 0 Å². The number of carbonyl (C=O) groups is 2. The minimum atomic E-state index is -1.54. The normalized spacial score (nSPS) is 11.7. The van der Waals surface area contributed by atoms with Crippen LogP contribution in [0, 0.1) is 20.8 Å². The first-order valence-electron chi connectivity index (χ1n) is 9.38. The molecule has 0 saturated carbocycles. The summed E-state index contributed by atoms with van der Waals surface area (Å²) in [5, 5.41) is 5.58. The Morgan fingerprint density at radius 1 is 0.929 bits per heavy atom. The topological polar surface area (TPSA) is 75.3 Å². The molecule has 5 nitrogen and oxygen atoms in total. The molecular formula is C22H28N2O3S. The van der Waals surface area contributed by atoms with Crippen LogP contribution >= 0.6 is 0 Å². The van der Waals surface area contributed by atoms with Crippen molar-refractivity contribution in [3.05, 3.63) is 64.7 Å². The lowest BCUT2D eigenvalue weighted by atomic mass is 10.1. The molecule has 2 amide bonds. The number of aryl methyl sites for hydroxylation is 4. The van der Waals surface area contributed by atoms with E-state index in [1.54, 1.807) is 0 Å². The summed E-state index contributed by atoms with van der Waals surface area (Å²) in [6.07, 6.45) is 1.69. The van der Waals surface area contributed by atoms with Crippen LogP contribution in [0.2, 0.25) is 0 Å². The van der Waals surface area contributed by atoms with Gasteiger partial charge in [0.1, 0.15) is 11.5 Å². The van der Waals surface area contributed by atoms with Crippen LogP contribution in [-0.2, 0) is 26.8 Å². The number of anilines is 1. The summed E-state index contributed by atoms with van der Waals surface area (Å²) in [7, 11) is -1.54. The largest absolute Gasteiger partial charge is 0.355 e. The van der Waals surface area contributed by atoms with Crippen molar-refractivity contribution >= 4 is 28.3 Å². The molecule has 2 aromatic rings. The Hall–Kier alpha value is -2.47. The number of hydrogen-bond donors (Lipinski definition) is 2. The zero-order valence-electron chi connectivity index (χ0n) is 16.7. The standard InChI is InChI=1S/C22H28N2O3S/c1-16-12-17(2)22(18(3)13-16)24-21(26)15-28(27)14-20(25)23-11-7-10-19-8-5-4-6-9-19/h4-6,8-9,12-13H,7,10-11,14-15H2,1-3H3,(H,23,25)(H,24,26)/t28-/m0/s1. The van der Waals surface area contributed by atoms with Crippen molar-refractivity contribution < 1.29 is 13.8 Å². The van der Waals surface area contributed by atoms with Crippen LogP contribution < -0.4 is 10.6 Å². The van der Waals surface area contributed by atoms with Crippen LogP contribution in [0.4, 0.5) is 5.69 Å². The van der Waals surface area contributed by atoms with Gasteiger partial charge in [-0.05, 0) is 50.3 Å². The molecule has 0 aliphatic carbocycles. The Balaban J connectivity index is 1.71. The fraction of sp³-hybridized carbons (Fsp3) is 0.364. The molecule has 150 valence electrons. The van der Waals surface area contributed by atoms with Crippen LogP contribution in [0.5, 0.6) is 0 Å². The van der Waals surface area contributed by atoms with Crippen molar-refractivity contribution in [2.75, 3.05) is 23.4 Å². The number of hydrogen-bond acceptors (Lipinski definition) is 3. The van der Waals surface area contributed by atoms with Crippen LogP contribution in [0.25, 0.3) is 0 Å². The van der Waals surface area contributed by atoms with E-state index < -0.39 is 10.8 Å². The van der Waals surface area contributed by atoms with E-state index in [-0.39, 0.29) is 23.3 Å². The van der Waals surface area contributed by atoms with Gasteiger partial charge in [0.2, 0.25) is 11.8 Å². The third-order valence-corrected chi connectivity index (χ3v) is 5.50. The SMILES string of the molecule is Cc1cc(C)c(NC(=O)C[S@@](=O)CC(=O)NCCCc2ccccc2)c(C)c1. The van der Waals surface area contributed by atoms with E-state index >= 15 is 0 Å². The van der Waals surface area contributed by atoms with Crippen molar-refractivity contribution in [1.29, 1.82) is 0 Å². The average molecular weight is 401 g/mol. The van der Waals surface area contributed by atoms with Crippen molar-refractivity contribution in [3.63, 3.8) is 0 Å². The Bertz CT molecular complexity index is 827. The van der Waals surface area contributed by atoms with Gasteiger partial charge in [0.15, 0.2) is 0 Å². The zero-order chi connectivity index (χ0) is 20.5. The van der Waals surface area contributed by atoms with E-state index in [9.17, 15) is 13.8 Å². The molecule has 0 heterocycles. The Morgan fingerprint density at radius 3 is 2.18 bits per heavy atom. The lowest BCUT2D eigenvalue weighted by Crippen LogP contribution is -2.32. The van der Waals surface area contributed by atoms with Crippen molar-refractivity contribution in [2.45, 2.75) is 33.6 Å². The number of carbonyl (C=O) groups excluding carboxylic acids is 2. The second kappa shape index (κ2) is 10.8. The van der Waals surface area contributed by atoms with Gasteiger partial charge in [0.25, 0.3) is 0 Å². The minimum Gasteiger partial charge on any atom is -0.355 e. The average Bonchev–Trinajstić information content (AvgIpc) is 2.62. The van der Waals surface area contributed by atoms with E-state index in [1.165, 1.54) is 5.56 Å². The minimum absolute atomic E-state index is 0.162. The Kier molecular flexibility index (Phi) is 8.39. The summed E-state index contributed by atoms with van der Waals surface area (Å²) in [5.41, 5.74) is 5.03. The van der Waals surface area contributed by atoms with Crippen LogP contribution in [0.15, 0.2) is 42.5 Å². The first-order chi connectivity index (χ1) is 13.3. The summed E-state index contributed by atoms with van der Waals surface area (Å²) in [6.45, 7) is 6.38. The number of amides is 2. The van der Waals surface area contributed by atoms with Gasteiger partial charge in [0, 0.05) is 23.0 Å². The third-order valence-electron chi connectivity index (χ3n) is 4.33. The fourth-order valence-corrected chi connectivity index (χ4v) is 3.97. The summed E-state index contributed by atoms with van der Waals surface area (Å²) in [6, 6.07) is 14.0. The zero-order valence-corrected chi connectivity index (χ0v) is 17.5. The maximum atomic E-state index is 12.2. The Labute approximate surface area is 169 Å². The Morgan fingerprint density at radius 2 is 1.54 bits per heavy atom. The number of benzene rings is 2. The molecule has 0 spiro atoms. The van der Waals surface area contributed by atoms with E-state index in [0.29, 0.717) is 6.54 Å². The van der Waals surface area contributed by atoms with Gasteiger partial charge in [-0.25, -0.2) is 0 Å². The number of rotatable bonds is 9. The molecule has 1 atom stereocenters. The molecule has 0 unspecified atom stereocenters. The van der Waals surface area contributed by atoms with Gasteiger partial charge in [-0.3, -0.25) is 13.8 Å². The van der Waals surface area contributed by atoms with Crippen LogP contribution in [0.3, 0.4) is 0 Å². The second-order valence-corrected chi connectivity index (χ2v) is 8.45. The molecule has 0 aliphatic rings. The molecule has 0 aliphatic heterocycles. The smallest absolute Gasteiger partial charge is 0.237 e. The number of nitrogens with one attached hydrogen (secondary N) is 2. The van der Waals surface area contributed by atoms with E-state index in [1.807, 2.05) is 63.2 Å². The van der Waals surface area contributed by atoms with Crippen molar-refractivity contribution in [3.8, 4) is 0 Å². The van der Waals surface area contributed by atoms with Crippen LogP contribution in [0.1, 0.15) is 28.7 Å². The monoisotopic (exact) mass is 400 g/mol. The van der Waals surface area contributed by atoms with Gasteiger partial charge < -0.3 is 10.6 Å². The van der Waals surface area contributed by atoms with E-state index in [0.717, 1.165) is 35.2 Å². The summed E-state index contributed by atoms with van der Waals surface area (Å²) in [5.74, 6) is -0.985. The molecule has 2 N–H and O–H groups in total. The maximum Gasteiger partial charge on any atom is 0.237 e. The predicted octanol–water partition coefficient (Wildman–Crippen LogP) is 3.05. The molecule has 0 radical (unpaired) electrons. The first-order valence-corrected chi connectivity index (χ1v) is 10.9. The highest BCUT2D eigenvalue weighted by Crippen LogP contribution is 2.21. The lowest BCUT2D eigenvalue weighted by Gasteiger charge is -2.12. The van der Waals surface area contributed by atoms with E-state index in [2.05, 4.69) is 10.6 Å². The first kappa shape index (κ1) is 21.8. The van der Waals surface area contributed by atoms with Gasteiger partial charge in [-0.1, -0.05) is 48.0 Å². The molecule has 0 saturated heterocycles. The van der Waals surface area contributed by atoms with Gasteiger partial charge in [0.05, 0.1) is 0 Å². The molecule has 0 fully saturated rings. The van der Waals surface area contributed by atoms with Crippen molar-refractivity contribution in [2.24, 2.45) is 0 Å². The van der Waals surface area contributed by atoms with Gasteiger partial charge in [-0.15, -0.1) is 0 Å². The molecule has 28 heavy (non-hydrogen) atoms. The lowest BCUT2D eigenvalue weighted by molar-refractivity contribution is -0.118. The highest BCUT2D eigenvalue weighted by atomic mass is 32.2. The summed E-state index contributed by atoms with van der Waals surface area (Å²) < 4.78 is 12.1. The summed E-state index contributed by atoms with van der Waals surface area (Å²) in [4.78, 5) is 24.1. The second-order valence-electron chi connectivity index (χ2n) is 6.99. The molecular weight excluding hydrogens is 372 g/mol. The molecule has 0 aromatic heterocycles. The van der Waals surface area contributed by atoms with Gasteiger partial charge in [-0.2, -0.15) is 0 Å². The molecule has 2 aromatic carbocycles. The molecule has 2 rings (SSSR count). The molecule has 0 bridgehead atoms. The van der Waals surface area contributed by atoms with Crippen LogP contribution in [-0.4, -0.2) is 34.1 Å². The fourth-order valence-electron chi connectivity index (χ4n) is 3.11. The molecule has 6 heteroatoms.